The monoisotopic (exact) mass is 295 g/mol. The van der Waals surface area contributed by atoms with Gasteiger partial charge in [-0.2, -0.15) is 0 Å². The number of benzene rings is 2. The number of hydrogen-bond acceptors (Lipinski definition) is 2. The van der Waals surface area contributed by atoms with E-state index in [-0.39, 0.29) is 6.04 Å². The SMILES string of the molecule is CC(N)c1cccc(OCc2c(Cl)cccc2Cl)c1. The van der Waals surface area contributed by atoms with Crippen LogP contribution in [0, 0.1) is 0 Å². The molecule has 2 N–H and O–H groups in total. The van der Waals surface area contributed by atoms with Crippen molar-refractivity contribution in [2.75, 3.05) is 0 Å². The van der Waals surface area contributed by atoms with Crippen LogP contribution in [0.15, 0.2) is 42.5 Å². The Morgan fingerprint density at radius 1 is 1.11 bits per heavy atom. The fourth-order valence-electron chi connectivity index (χ4n) is 1.71. The van der Waals surface area contributed by atoms with E-state index in [0.717, 1.165) is 16.9 Å². The Bertz CT molecular complexity index is 550. The molecule has 2 rings (SSSR count). The highest BCUT2D eigenvalue weighted by Gasteiger charge is 2.07. The van der Waals surface area contributed by atoms with Crippen molar-refractivity contribution in [3.63, 3.8) is 0 Å². The van der Waals surface area contributed by atoms with E-state index >= 15 is 0 Å². The van der Waals surface area contributed by atoms with Gasteiger partial charge in [0.05, 0.1) is 0 Å². The van der Waals surface area contributed by atoms with E-state index in [2.05, 4.69) is 0 Å². The molecule has 0 radical (unpaired) electrons. The van der Waals surface area contributed by atoms with Gasteiger partial charge in [-0.3, -0.25) is 0 Å². The lowest BCUT2D eigenvalue weighted by molar-refractivity contribution is 0.306. The van der Waals surface area contributed by atoms with Crippen LogP contribution < -0.4 is 10.5 Å². The lowest BCUT2D eigenvalue weighted by atomic mass is 10.1. The van der Waals surface area contributed by atoms with Crippen molar-refractivity contribution in [3.05, 3.63) is 63.6 Å². The third kappa shape index (κ3) is 3.63. The number of hydrogen-bond donors (Lipinski definition) is 1. The molecule has 2 nitrogen and oxygen atoms in total. The highest BCUT2D eigenvalue weighted by atomic mass is 35.5. The first-order chi connectivity index (χ1) is 9.08. The average Bonchev–Trinajstić information content (AvgIpc) is 2.38. The van der Waals surface area contributed by atoms with Crippen LogP contribution in [0.5, 0.6) is 5.75 Å². The summed E-state index contributed by atoms with van der Waals surface area (Å²) in [5, 5.41) is 1.21. The minimum atomic E-state index is -0.0209. The summed E-state index contributed by atoms with van der Waals surface area (Å²) in [5.41, 5.74) is 7.66. The van der Waals surface area contributed by atoms with Crippen molar-refractivity contribution < 1.29 is 4.74 Å². The van der Waals surface area contributed by atoms with E-state index in [1.165, 1.54) is 0 Å². The summed E-state index contributed by atoms with van der Waals surface area (Å²) in [6, 6.07) is 13.1. The molecule has 19 heavy (non-hydrogen) atoms. The van der Waals surface area contributed by atoms with Gasteiger partial charge in [0.1, 0.15) is 12.4 Å². The van der Waals surface area contributed by atoms with Crippen molar-refractivity contribution in [3.8, 4) is 5.75 Å². The largest absolute Gasteiger partial charge is 0.489 e. The molecule has 1 atom stereocenters. The average molecular weight is 296 g/mol. The molecule has 0 amide bonds. The molecule has 100 valence electrons. The normalized spacial score (nSPS) is 12.2. The van der Waals surface area contributed by atoms with Crippen molar-refractivity contribution in [2.24, 2.45) is 5.73 Å². The Morgan fingerprint density at radius 2 is 1.74 bits per heavy atom. The number of halogens is 2. The fourth-order valence-corrected chi connectivity index (χ4v) is 2.22. The zero-order valence-electron chi connectivity index (χ0n) is 10.6. The molecule has 0 spiro atoms. The summed E-state index contributed by atoms with van der Waals surface area (Å²) in [6.45, 7) is 2.27. The second-order valence-corrected chi connectivity index (χ2v) is 5.16. The van der Waals surface area contributed by atoms with Gasteiger partial charge in [-0.1, -0.05) is 41.4 Å². The van der Waals surface area contributed by atoms with E-state index in [1.807, 2.05) is 37.3 Å². The van der Waals surface area contributed by atoms with Crippen LogP contribution in [0.1, 0.15) is 24.1 Å². The lowest BCUT2D eigenvalue weighted by Gasteiger charge is -2.11. The molecule has 0 aliphatic heterocycles. The third-order valence-electron chi connectivity index (χ3n) is 2.83. The summed E-state index contributed by atoms with van der Waals surface area (Å²) in [7, 11) is 0. The Balaban J connectivity index is 2.12. The summed E-state index contributed by atoms with van der Waals surface area (Å²) in [5.74, 6) is 0.755. The zero-order valence-corrected chi connectivity index (χ0v) is 12.1. The number of rotatable bonds is 4. The summed E-state index contributed by atoms with van der Waals surface area (Å²) < 4.78 is 5.72. The Morgan fingerprint density at radius 3 is 2.37 bits per heavy atom. The van der Waals surface area contributed by atoms with E-state index in [4.69, 9.17) is 33.7 Å². The summed E-state index contributed by atoms with van der Waals surface area (Å²) in [4.78, 5) is 0. The molecule has 0 bridgehead atoms. The molecule has 0 fully saturated rings. The van der Waals surface area contributed by atoms with Crippen molar-refractivity contribution in [1.29, 1.82) is 0 Å². The van der Waals surface area contributed by atoms with E-state index in [0.29, 0.717) is 16.7 Å². The maximum Gasteiger partial charge on any atom is 0.120 e. The summed E-state index contributed by atoms with van der Waals surface area (Å²) >= 11 is 12.2. The standard InChI is InChI=1S/C15H15Cl2NO/c1-10(18)11-4-2-5-12(8-11)19-9-13-14(16)6-3-7-15(13)17/h2-8,10H,9,18H2,1H3. The van der Waals surface area contributed by atoms with Crippen LogP contribution in [0.2, 0.25) is 10.0 Å². The Hall–Kier alpha value is -1.22. The van der Waals surface area contributed by atoms with Gasteiger partial charge < -0.3 is 10.5 Å². The van der Waals surface area contributed by atoms with Crippen LogP contribution in [0.4, 0.5) is 0 Å². The minimum absolute atomic E-state index is 0.0209. The quantitative estimate of drug-likeness (QED) is 0.895. The van der Waals surface area contributed by atoms with Crippen LogP contribution in [-0.4, -0.2) is 0 Å². The van der Waals surface area contributed by atoms with Gasteiger partial charge in [-0.25, -0.2) is 0 Å². The van der Waals surface area contributed by atoms with Crippen LogP contribution >= 0.6 is 23.2 Å². The predicted octanol–water partition coefficient (Wildman–Crippen LogP) is 4.59. The van der Waals surface area contributed by atoms with Crippen LogP contribution in [-0.2, 0) is 6.61 Å². The molecular weight excluding hydrogens is 281 g/mol. The highest BCUT2D eigenvalue weighted by Crippen LogP contribution is 2.26. The highest BCUT2D eigenvalue weighted by molar-refractivity contribution is 6.35. The van der Waals surface area contributed by atoms with Crippen LogP contribution in [0.3, 0.4) is 0 Å². The first kappa shape index (κ1) is 14.2. The van der Waals surface area contributed by atoms with Gasteiger partial charge in [0.25, 0.3) is 0 Å². The molecule has 0 aliphatic rings. The van der Waals surface area contributed by atoms with Crippen molar-refractivity contribution in [1.82, 2.24) is 0 Å². The lowest BCUT2D eigenvalue weighted by Crippen LogP contribution is -2.05. The molecule has 0 aliphatic carbocycles. The smallest absolute Gasteiger partial charge is 0.120 e. The van der Waals surface area contributed by atoms with Gasteiger partial charge in [0, 0.05) is 21.7 Å². The van der Waals surface area contributed by atoms with E-state index in [1.54, 1.807) is 12.1 Å². The van der Waals surface area contributed by atoms with Gasteiger partial charge in [0.15, 0.2) is 0 Å². The second kappa shape index (κ2) is 6.29. The molecule has 0 saturated carbocycles. The van der Waals surface area contributed by atoms with Gasteiger partial charge in [0.2, 0.25) is 0 Å². The zero-order chi connectivity index (χ0) is 13.8. The van der Waals surface area contributed by atoms with Gasteiger partial charge in [-0.15, -0.1) is 0 Å². The van der Waals surface area contributed by atoms with Gasteiger partial charge >= 0.3 is 0 Å². The van der Waals surface area contributed by atoms with E-state index < -0.39 is 0 Å². The second-order valence-electron chi connectivity index (χ2n) is 4.35. The maximum absolute atomic E-state index is 6.09. The van der Waals surface area contributed by atoms with Crippen molar-refractivity contribution >= 4 is 23.2 Å². The first-order valence-corrected chi connectivity index (χ1v) is 6.74. The summed E-state index contributed by atoms with van der Waals surface area (Å²) in [6.07, 6.45) is 0. The molecule has 1 unspecified atom stereocenters. The number of nitrogens with two attached hydrogens (primary N) is 1. The van der Waals surface area contributed by atoms with E-state index in [9.17, 15) is 0 Å². The third-order valence-corrected chi connectivity index (χ3v) is 3.54. The molecule has 0 saturated heterocycles. The van der Waals surface area contributed by atoms with Gasteiger partial charge in [-0.05, 0) is 36.8 Å². The first-order valence-electron chi connectivity index (χ1n) is 5.99. The molecule has 0 heterocycles. The Kier molecular flexibility index (Phi) is 4.70. The molecular formula is C15H15Cl2NO. The molecule has 2 aromatic rings. The van der Waals surface area contributed by atoms with Crippen molar-refractivity contribution in [2.45, 2.75) is 19.6 Å². The predicted molar refractivity (Wildman–Crippen MR) is 79.8 cm³/mol. The topological polar surface area (TPSA) is 35.2 Å². The number of ether oxygens (including phenoxy) is 1. The Labute approximate surface area is 123 Å². The molecule has 2 aromatic carbocycles. The maximum atomic E-state index is 6.09. The molecule has 4 heteroatoms. The minimum Gasteiger partial charge on any atom is -0.489 e. The fraction of sp³-hybridized carbons (Fsp3) is 0.200. The van der Waals surface area contributed by atoms with Crippen LogP contribution in [0.25, 0.3) is 0 Å². The molecule has 0 aromatic heterocycles.